The minimum absolute atomic E-state index is 0.0527. The molecular weight excluding hydrogens is 320 g/mol. The molecule has 2 aromatic rings. The minimum atomic E-state index is -0.415. The van der Waals surface area contributed by atoms with E-state index in [4.69, 9.17) is 9.47 Å². The molecule has 1 aromatic carbocycles. The van der Waals surface area contributed by atoms with Crippen molar-refractivity contribution in [2.45, 2.75) is 19.6 Å². The van der Waals surface area contributed by atoms with Gasteiger partial charge >= 0.3 is 0 Å². The summed E-state index contributed by atoms with van der Waals surface area (Å²) in [6.07, 6.45) is 0.681. The largest absolute Gasteiger partial charge is 0.497 e. The highest BCUT2D eigenvalue weighted by Crippen LogP contribution is 2.29. The molecule has 0 aliphatic carbocycles. The Morgan fingerprint density at radius 3 is 2.84 bits per heavy atom. The number of hydrogen-bond acceptors (Lipinski definition) is 5. The third kappa shape index (κ3) is 4.00. The molecular formula is C18H24N4O3. The average Bonchev–Trinajstić information content (AvgIpc) is 3.04. The van der Waals surface area contributed by atoms with Crippen LogP contribution in [0.4, 0.5) is 0 Å². The lowest BCUT2D eigenvalue weighted by Gasteiger charge is -2.41. The third-order valence-electron chi connectivity index (χ3n) is 4.50. The molecule has 1 aliphatic rings. The summed E-state index contributed by atoms with van der Waals surface area (Å²) in [4.78, 5) is 12.8. The number of methoxy groups -OCH3 is 2. The quantitative estimate of drug-likeness (QED) is 0.665. The maximum absolute atomic E-state index is 12.8. The number of ether oxygens (including phenoxy) is 2. The Labute approximate surface area is 147 Å². The van der Waals surface area contributed by atoms with Crippen LogP contribution in [0.15, 0.2) is 30.3 Å². The number of nitrogens with zero attached hydrogens (tertiary/aromatic N) is 1. The van der Waals surface area contributed by atoms with E-state index in [2.05, 4.69) is 20.8 Å². The number of hydrogen-bond donors (Lipinski definition) is 3. The normalized spacial score (nSPS) is 15.4. The van der Waals surface area contributed by atoms with Gasteiger partial charge in [0, 0.05) is 20.2 Å². The van der Waals surface area contributed by atoms with E-state index < -0.39 is 5.41 Å². The van der Waals surface area contributed by atoms with Crippen LogP contribution in [-0.2, 0) is 29.1 Å². The SMILES string of the molecule is COCc1cc(CNC(=O)C2(Cc3cccc(OC)c3)CNC2)[nH]n1. The summed E-state index contributed by atoms with van der Waals surface area (Å²) >= 11 is 0. The smallest absolute Gasteiger partial charge is 0.229 e. The zero-order valence-corrected chi connectivity index (χ0v) is 14.6. The fraction of sp³-hybridized carbons (Fsp3) is 0.444. The van der Waals surface area contributed by atoms with E-state index in [0.717, 1.165) is 22.7 Å². The Morgan fingerprint density at radius 1 is 1.32 bits per heavy atom. The lowest BCUT2D eigenvalue weighted by Crippen LogP contribution is -2.62. The molecule has 0 saturated carbocycles. The number of aromatic nitrogens is 2. The molecule has 7 nitrogen and oxygen atoms in total. The van der Waals surface area contributed by atoms with Crippen molar-refractivity contribution < 1.29 is 14.3 Å². The van der Waals surface area contributed by atoms with E-state index >= 15 is 0 Å². The van der Waals surface area contributed by atoms with Crippen molar-refractivity contribution in [3.05, 3.63) is 47.3 Å². The monoisotopic (exact) mass is 344 g/mol. The lowest BCUT2D eigenvalue weighted by atomic mass is 9.75. The molecule has 0 spiro atoms. The van der Waals surface area contributed by atoms with Crippen molar-refractivity contribution in [3.63, 3.8) is 0 Å². The number of benzene rings is 1. The Morgan fingerprint density at radius 2 is 2.16 bits per heavy atom. The Hall–Kier alpha value is -2.38. The van der Waals surface area contributed by atoms with Crippen LogP contribution in [0.1, 0.15) is 17.0 Å². The first-order chi connectivity index (χ1) is 12.1. The van der Waals surface area contributed by atoms with Crippen LogP contribution in [0.25, 0.3) is 0 Å². The summed E-state index contributed by atoms with van der Waals surface area (Å²) in [6, 6.07) is 9.78. The Kier molecular flexibility index (Phi) is 5.35. The van der Waals surface area contributed by atoms with Gasteiger partial charge in [0.05, 0.1) is 37.1 Å². The predicted molar refractivity (Wildman–Crippen MR) is 93.1 cm³/mol. The first-order valence-corrected chi connectivity index (χ1v) is 8.29. The van der Waals surface area contributed by atoms with Gasteiger partial charge < -0.3 is 20.1 Å². The third-order valence-corrected chi connectivity index (χ3v) is 4.50. The van der Waals surface area contributed by atoms with E-state index in [1.165, 1.54) is 0 Å². The number of amides is 1. The number of carbonyl (C=O) groups is 1. The molecule has 1 fully saturated rings. The Bertz CT molecular complexity index is 725. The maximum Gasteiger partial charge on any atom is 0.229 e. The topological polar surface area (TPSA) is 88.3 Å². The van der Waals surface area contributed by atoms with Crippen LogP contribution in [0.5, 0.6) is 5.75 Å². The van der Waals surface area contributed by atoms with Crippen LogP contribution in [0, 0.1) is 5.41 Å². The van der Waals surface area contributed by atoms with Crippen molar-refractivity contribution in [3.8, 4) is 5.75 Å². The van der Waals surface area contributed by atoms with Crippen LogP contribution < -0.4 is 15.4 Å². The lowest BCUT2D eigenvalue weighted by molar-refractivity contribution is -0.134. The highest BCUT2D eigenvalue weighted by molar-refractivity contribution is 5.84. The molecule has 0 radical (unpaired) electrons. The summed E-state index contributed by atoms with van der Waals surface area (Å²) in [5.74, 6) is 0.862. The van der Waals surface area contributed by atoms with Crippen LogP contribution >= 0.6 is 0 Å². The van der Waals surface area contributed by atoms with E-state index in [9.17, 15) is 4.79 Å². The first kappa shape index (κ1) is 17.4. The number of H-pyrrole nitrogens is 1. The molecule has 1 saturated heterocycles. The number of aromatic amines is 1. The summed E-state index contributed by atoms with van der Waals surface area (Å²) in [5, 5.41) is 13.3. The summed E-state index contributed by atoms with van der Waals surface area (Å²) in [6.45, 7) is 2.23. The highest BCUT2D eigenvalue weighted by Gasteiger charge is 2.44. The van der Waals surface area contributed by atoms with Gasteiger partial charge in [-0.3, -0.25) is 9.89 Å². The van der Waals surface area contributed by atoms with Gasteiger partial charge in [0.15, 0.2) is 0 Å². The van der Waals surface area contributed by atoms with Crippen molar-refractivity contribution in [2.24, 2.45) is 5.41 Å². The first-order valence-electron chi connectivity index (χ1n) is 8.29. The van der Waals surface area contributed by atoms with Crippen molar-refractivity contribution >= 4 is 5.91 Å². The van der Waals surface area contributed by atoms with Crippen molar-refractivity contribution in [1.29, 1.82) is 0 Å². The van der Waals surface area contributed by atoms with Gasteiger partial charge in [0.1, 0.15) is 5.75 Å². The minimum Gasteiger partial charge on any atom is -0.497 e. The average molecular weight is 344 g/mol. The van der Waals surface area contributed by atoms with Gasteiger partial charge in [-0.1, -0.05) is 12.1 Å². The van der Waals surface area contributed by atoms with Crippen molar-refractivity contribution in [2.75, 3.05) is 27.3 Å². The van der Waals surface area contributed by atoms with Crippen molar-refractivity contribution in [1.82, 2.24) is 20.8 Å². The zero-order valence-electron chi connectivity index (χ0n) is 14.6. The summed E-state index contributed by atoms with van der Waals surface area (Å²) < 4.78 is 10.3. The second kappa shape index (κ2) is 7.67. The molecule has 0 bridgehead atoms. The molecule has 1 amide bonds. The summed E-state index contributed by atoms with van der Waals surface area (Å²) in [7, 11) is 3.27. The molecule has 2 heterocycles. The predicted octanol–water partition coefficient (Wildman–Crippen LogP) is 1.01. The molecule has 3 rings (SSSR count). The van der Waals surface area contributed by atoms with E-state index in [-0.39, 0.29) is 5.91 Å². The fourth-order valence-corrected chi connectivity index (χ4v) is 3.05. The fourth-order valence-electron chi connectivity index (χ4n) is 3.05. The second-order valence-electron chi connectivity index (χ2n) is 6.41. The second-order valence-corrected chi connectivity index (χ2v) is 6.41. The standard InChI is InChI=1S/C18H24N4O3/c1-24-10-15-7-14(21-22-15)9-20-17(23)18(11-19-12-18)8-13-4-3-5-16(6-13)25-2/h3-7,19H,8-12H2,1-2H3,(H,20,23)(H,21,22). The van der Waals surface area contributed by atoms with E-state index in [0.29, 0.717) is 32.7 Å². The highest BCUT2D eigenvalue weighted by atomic mass is 16.5. The van der Waals surface area contributed by atoms with Crippen LogP contribution in [-0.4, -0.2) is 43.4 Å². The van der Waals surface area contributed by atoms with E-state index in [1.807, 2.05) is 30.3 Å². The molecule has 134 valence electrons. The molecule has 0 unspecified atom stereocenters. The molecule has 7 heteroatoms. The van der Waals surface area contributed by atoms with Crippen LogP contribution in [0.3, 0.4) is 0 Å². The van der Waals surface area contributed by atoms with Gasteiger partial charge in [-0.2, -0.15) is 5.10 Å². The van der Waals surface area contributed by atoms with Gasteiger partial charge in [-0.15, -0.1) is 0 Å². The van der Waals surface area contributed by atoms with Gasteiger partial charge in [-0.25, -0.2) is 0 Å². The van der Waals surface area contributed by atoms with Gasteiger partial charge in [0.25, 0.3) is 0 Å². The molecule has 3 N–H and O–H groups in total. The number of nitrogens with one attached hydrogen (secondary N) is 3. The van der Waals surface area contributed by atoms with Gasteiger partial charge in [-0.05, 0) is 30.2 Å². The number of rotatable bonds is 8. The van der Waals surface area contributed by atoms with Crippen LogP contribution in [0.2, 0.25) is 0 Å². The Balaban J connectivity index is 1.61. The van der Waals surface area contributed by atoms with Gasteiger partial charge in [0.2, 0.25) is 5.91 Å². The molecule has 1 aromatic heterocycles. The molecule has 1 aliphatic heterocycles. The summed E-state index contributed by atoms with van der Waals surface area (Å²) in [5.41, 5.74) is 2.37. The zero-order chi connectivity index (χ0) is 17.7. The van der Waals surface area contributed by atoms with E-state index in [1.54, 1.807) is 14.2 Å². The molecule has 0 atom stereocenters. The molecule has 25 heavy (non-hydrogen) atoms. The maximum atomic E-state index is 12.8. The number of carbonyl (C=O) groups excluding carboxylic acids is 1.